The van der Waals surface area contributed by atoms with Gasteiger partial charge in [0.2, 0.25) is 5.78 Å². The summed E-state index contributed by atoms with van der Waals surface area (Å²) in [6.07, 6.45) is -9.18. The van der Waals surface area contributed by atoms with E-state index in [1.807, 2.05) is 0 Å². The lowest BCUT2D eigenvalue weighted by atomic mass is 10.0. The molecule has 180 valence electrons. The van der Waals surface area contributed by atoms with Gasteiger partial charge in [0, 0.05) is 18.9 Å². The topological polar surface area (TPSA) is 107 Å². The molecule has 0 amide bonds. The van der Waals surface area contributed by atoms with Gasteiger partial charge < -0.3 is 9.47 Å². The number of halogens is 7. The van der Waals surface area contributed by atoms with Crippen molar-refractivity contribution in [3.05, 3.63) is 48.6 Å². The Hall–Kier alpha value is -2.52. The van der Waals surface area contributed by atoms with Crippen LogP contribution in [-0.4, -0.2) is 54.5 Å². The Labute approximate surface area is 176 Å². The van der Waals surface area contributed by atoms with Gasteiger partial charge in [0.1, 0.15) is 0 Å². The number of carbonyl (C=O) groups excluding carboxylic acids is 2. The Kier molecular flexibility index (Phi) is 8.20. The van der Waals surface area contributed by atoms with E-state index in [0.717, 1.165) is 0 Å². The second-order valence-electron chi connectivity index (χ2n) is 6.12. The molecule has 0 aliphatic carbocycles. The minimum Gasteiger partial charge on any atom is -0.413 e. The third-order valence-corrected chi connectivity index (χ3v) is 4.78. The first-order valence-corrected chi connectivity index (χ1v) is 9.71. The van der Waals surface area contributed by atoms with Crippen LogP contribution in [-0.2, 0) is 35.6 Å². The molecule has 0 heterocycles. The van der Waals surface area contributed by atoms with Gasteiger partial charge >= 0.3 is 39.2 Å². The van der Waals surface area contributed by atoms with Crippen molar-refractivity contribution < 1.29 is 62.8 Å². The lowest BCUT2D eigenvalue weighted by Gasteiger charge is -2.33. The fourth-order valence-electron chi connectivity index (χ4n) is 2.20. The Morgan fingerprint density at radius 1 is 1.03 bits per heavy atom. The summed E-state index contributed by atoms with van der Waals surface area (Å²) < 4.78 is 132. The Morgan fingerprint density at radius 3 is 2.00 bits per heavy atom. The molecule has 0 saturated carbocycles. The van der Waals surface area contributed by atoms with E-state index >= 15 is 0 Å². The number of ether oxygens (including phenoxy) is 2. The lowest BCUT2D eigenvalue weighted by molar-refractivity contribution is -0.348. The Bertz CT molecular complexity index is 946. The van der Waals surface area contributed by atoms with E-state index in [0.29, 0.717) is 0 Å². The molecule has 1 aromatic carbocycles. The van der Waals surface area contributed by atoms with Gasteiger partial charge in [-0.1, -0.05) is 36.9 Å². The van der Waals surface area contributed by atoms with Crippen molar-refractivity contribution >= 4 is 21.9 Å². The van der Waals surface area contributed by atoms with Crippen molar-refractivity contribution in [1.82, 2.24) is 0 Å². The number of esters is 1. The van der Waals surface area contributed by atoms with Crippen LogP contribution in [0.1, 0.15) is 12.0 Å². The third kappa shape index (κ3) is 5.83. The van der Waals surface area contributed by atoms with E-state index in [9.17, 15) is 48.7 Å². The zero-order valence-electron chi connectivity index (χ0n) is 15.7. The third-order valence-electron chi connectivity index (χ3n) is 3.83. The molecule has 1 rings (SSSR count). The summed E-state index contributed by atoms with van der Waals surface area (Å²) in [6, 6.07) is 6.54. The van der Waals surface area contributed by atoms with Gasteiger partial charge in [0.25, 0.3) is 0 Å². The number of hydrogen-bond donors (Lipinski definition) is 1. The number of benzene rings is 1. The molecule has 0 fully saturated rings. The SMILES string of the molecule is C=CC(=O)OC(OCCC(F)(F)C(F)(F)S(=O)(=O)O)(C(=O)Cc1ccccc1)C(F)(F)F. The average molecular weight is 496 g/mol. The van der Waals surface area contributed by atoms with E-state index in [2.05, 4.69) is 16.1 Å². The standard InChI is InChI=1S/C17H15F7O7S/c1-2-13(26)31-15(16(20,21)22,12(25)10-11-6-4-3-5-7-11)30-9-8-14(18,19)17(23,24)32(27,28)29/h2-7H,1,8-10H2,(H,27,28,29). The van der Waals surface area contributed by atoms with Gasteiger partial charge in [-0.05, 0) is 5.56 Å². The summed E-state index contributed by atoms with van der Waals surface area (Å²) in [4.78, 5) is 23.8. The van der Waals surface area contributed by atoms with Crippen LogP contribution in [0.15, 0.2) is 43.0 Å². The smallest absolute Gasteiger partial charge is 0.413 e. The molecule has 1 aromatic rings. The number of Topliss-reactive ketones (excluding diaryl/α,β-unsaturated/α-hetero) is 1. The van der Waals surface area contributed by atoms with Crippen LogP contribution in [0.5, 0.6) is 0 Å². The molecule has 0 saturated heterocycles. The van der Waals surface area contributed by atoms with Gasteiger partial charge in [0.05, 0.1) is 6.61 Å². The molecular formula is C17H15F7O7S. The van der Waals surface area contributed by atoms with Crippen molar-refractivity contribution in [3.8, 4) is 0 Å². The predicted molar refractivity (Wildman–Crippen MR) is 92.2 cm³/mol. The molecule has 1 unspecified atom stereocenters. The first-order valence-electron chi connectivity index (χ1n) is 8.27. The van der Waals surface area contributed by atoms with Crippen LogP contribution < -0.4 is 0 Å². The van der Waals surface area contributed by atoms with Crippen molar-refractivity contribution in [3.63, 3.8) is 0 Å². The van der Waals surface area contributed by atoms with Crippen LogP contribution in [0.4, 0.5) is 30.7 Å². The average Bonchev–Trinajstić information content (AvgIpc) is 2.65. The normalized spacial score (nSPS) is 15.0. The molecule has 15 heteroatoms. The fourth-order valence-corrected chi connectivity index (χ4v) is 2.68. The van der Waals surface area contributed by atoms with Crippen LogP contribution in [0.3, 0.4) is 0 Å². The van der Waals surface area contributed by atoms with Gasteiger partial charge in [-0.25, -0.2) is 4.79 Å². The maximum Gasteiger partial charge on any atom is 0.464 e. The van der Waals surface area contributed by atoms with Gasteiger partial charge in [0.15, 0.2) is 0 Å². The van der Waals surface area contributed by atoms with E-state index in [4.69, 9.17) is 4.55 Å². The highest BCUT2D eigenvalue weighted by molar-refractivity contribution is 7.87. The molecule has 0 bridgehead atoms. The number of ketones is 1. The van der Waals surface area contributed by atoms with E-state index in [1.54, 1.807) is 0 Å². The van der Waals surface area contributed by atoms with E-state index in [1.165, 1.54) is 30.3 Å². The summed E-state index contributed by atoms with van der Waals surface area (Å²) >= 11 is 0. The van der Waals surface area contributed by atoms with Crippen molar-refractivity contribution in [2.75, 3.05) is 6.61 Å². The highest BCUT2D eigenvalue weighted by atomic mass is 32.2. The van der Waals surface area contributed by atoms with Crippen LogP contribution in [0.25, 0.3) is 0 Å². The van der Waals surface area contributed by atoms with Crippen molar-refractivity contribution in [2.45, 2.75) is 36.0 Å². The molecule has 1 atom stereocenters. The molecule has 32 heavy (non-hydrogen) atoms. The molecule has 0 aromatic heterocycles. The quantitative estimate of drug-likeness (QED) is 0.165. The van der Waals surface area contributed by atoms with Gasteiger partial charge in [-0.3, -0.25) is 9.35 Å². The largest absolute Gasteiger partial charge is 0.464 e. The fraction of sp³-hybridized carbons (Fsp3) is 0.412. The number of carbonyl (C=O) groups is 2. The number of hydrogen-bond acceptors (Lipinski definition) is 6. The first-order chi connectivity index (χ1) is 14.4. The highest BCUT2D eigenvalue weighted by Gasteiger charge is 2.68. The molecule has 0 radical (unpaired) electrons. The minimum absolute atomic E-state index is 0.0346. The predicted octanol–water partition coefficient (Wildman–Crippen LogP) is 3.31. The first kappa shape index (κ1) is 27.5. The van der Waals surface area contributed by atoms with Crippen LogP contribution >= 0.6 is 0 Å². The minimum atomic E-state index is -6.66. The number of alkyl halides is 7. The molecule has 0 aliphatic rings. The zero-order chi connectivity index (χ0) is 25.0. The zero-order valence-corrected chi connectivity index (χ0v) is 16.6. The van der Waals surface area contributed by atoms with Crippen molar-refractivity contribution in [2.24, 2.45) is 0 Å². The van der Waals surface area contributed by atoms with Gasteiger partial charge in [-0.15, -0.1) is 0 Å². The second kappa shape index (κ2) is 9.54. The molecule has 0 aliphatic heterocycles. The van der Waals surface area contributed by atoms with Crippen molar-refractivity contribution in [1.29, 1.82) is 0 Å². The molecule has 1 N–H and O–H groups in total. The summed E-state index contributed by atoms with van der Waals surface area (Å²) in [5.41, 5.74) is -0.0346. The Balaban J connectivity index is 3.29. The lowest BCUT2D eigenvalue weighted by Crippen LogP contribution is -2.58. The highest BCUT2D eigenvalue weighted by Crippen LogP contribution is 2.42. The second-order valence-corrected chi connectivity index (χ2v) is 7.58. The van der Waals surface area contributed by atoms with Crippen LogP contribution in [0, 0.1) is 0 Å². The molecular weight excluding hydrogens is 481 g/mol. The Morgan fingerprint density at radius 2 is 1.56 bits per heavy atom. The summed E-state index contributed by atoms with van der Waals surface area (Å²) in [6.45, 7) is 0.788. The maximum atomic E-state index is 13.7. The maximum absolute atomic E-state index is 13.7. The summed E-state index contributed by atoms with van der Waals surface area (Å²) in [7, 11) is -6.66. The summed E-state index contributed by atoms with van der Waals surface area (Å²) in [5.74, 6) is -14.0. The summed E-state index contributed by atoms with van der Waals surface area (Å²) in [5, 5.41) is -6.09. The monoisotopic (exact) mass is 496 g/mol. The number of rotatable bonds is 11. The van der Waals surface area contributed by atoms with Crippen LogP contribution in [0.2, 0.25) is 0 Å². The van der Waals surface area contributed by atoms with E-state index < -0.39 is 64.5 Å². The molecule has 7 nitrogen and oxygen atoms in total. The molecule has 0 spiro atoms. The van der Waals surface area contributed by atoms with Gasteiger partial charge in [-0.2, -0.15) is 39.2 Å². The van der Waals surface area contributed by atoms with E-state index in [-0.39, 0.29) is 11.6 Å².